The van der Waals surface area contributed by atoms with Gasteiger partial charge in [0.25, 0.3) is 0 Å². The van der Waals surface area contributed by atoms with E-state index in [4.69, 9.17) is 23.2 Å². The predicted octanol–water partition coefficient (Wildman–Crippen LogP) is 6.09. The van der Waals surface area contributed by atoms with Crippen molar-refractivity contribution in [2.75, 3.05) is 6.54 Å². The Hall–Kier alpha value is -2.82. The van der Waals surface area contributed by atoms with Crippen molar-refractivity contribution >= 4 is 35.0 Å². The normalized spacial score (nSPS) is 11.6. The van der Waals surface area contributed by atoms with E-state index in [9.17, 15) is 9.59 Å². The Kier molecular flexibility index (Phi) is 9.99. The number of nitrogens with one attached hydrogen (secondary N) is 1. The summed E-state index contributed by atoms with van der Waals surface area (Å²) in [5, 5.41) is 4.16. The molecule has 0 aliphatic heterocycles. The molecular weight excluding hydrogens is 467 g/mol. The predicted molar refractivity (Wildman–Crippen MR) is 139 cm³/mol. The van der Waals surface area contributed by atoms with Gasteiger partial charge >= 0.3 is 0 Å². The van der Waals surface area contributed by atoms with Crippen molar-refractivity contribution < 1.29 is 9.59 Å². The molecule has 1 N–H and O–H groups in total. The highest BCUT2D eigenvalue weighted by molar-refractivity contribution is 6.31. The van der Waals surface area contributed by atoms with Gasteiger partial charge in [0, 0.05) is 29.6 Å². The molecule has 6 heteroatoms. The van der Waals surface area contributed by atoms with Gasteiger partial charge in [0.1, 0.15) is 6.04 Å². The van der Waals surface area contributed by atoms with Crippen LogP contribution in [0.3, 0.4) is 0 Å². The number of carbonyl (C=O) groups excluding carboxylic acids is 2. The number of amides is 2. The average molecular weight is 497 g/mol. The molecule has 3 aromatic carbocycles. The summed E-state index contributed by atoms with van der Waals surface area (Å²) in [6.45, 7) is 2.88. The van der Waals surface area contributed by atoms with Crippen molar-refractivity contribution in [3.63, 3.8) is 0 Å². The second kappa shape index (κ2) is 13.2. The number of nitrogens with zero attached hydrogens (tertiary/aromatic N) is 1. The minimum absolute atomic E-state index is 0.137. The van der Waals surface area contributed by atoms with Gasteiger partial charge in [0.15, 0.2) is 0 Å². The summed E-state index contributed by atoms with van der Waals surface area (Å²) >= 11 is 12.6. The van der Waals surface area contributed by atoms with Crippen LogP contribution >= 0.6 is 23.2 Å². The maximum Gasteiger partial charge on any atom is 0.243 e. The van der Waals surface area contributed by atoms with Gasteiger partial charge in [-0.1, -0.05) is 97.2 Å². The van der Waals surface area contributed by atoms with Gasteiger partial charge in [0.2, 0.25) is 11.8 Å². The molecule has 0 aliphatic rings. The van der Waals surface area contributed by atoms with E-state index in [0.717, 1.165) is 29.5 Å². The summed E-state index contributed by atoms with van der Waals surface area (Å²) in [6.07, 6.45) is 2.40. The van der Waals surface area contributed by atoms with Crippen molar-refractivity contribution in [1.29, 1.82) is 0 Å². The largest absolute Gasteiger partial charge is 0.354 e. The summed E-state index contributed by atoms with van der Waals surface area (Å²) in [6, 6.07) is 23.7. The Morgan fingerprint density at radius 2 is 1.62 bits per heavy atom. The van der Waals surface area contributed by atoms with Crippen molar-refractivity contribution in [2.45, 2.75) is 45.2 Å². The Bertz CT molecular complexity index is 1090. The molecule has 1 atom stereocenters. The van der Waals surface area contributed by atoms with Crippen LogP contribution in [0.2, 0.25) is 10.0 Å². The highest BCUT2D eigenvalue weighted by Gasteiger charge is 2.30. The third-order valence-corrected chi connectivity index (χ3v) is 6.25. The highest BCUT2D eigenvalue weighted by atomic mass is 35.5. The Morgan fingerprint density at radius 3 is 2.32 bits per heavy atom. The molecule has 0 saturated carbocycles. The number of hydrogen-bond donors (Lipinski definition) is 1. The molecule has 0 radical (unpaired) electrons. The fourth-order valence-corrected chi connectivity index (χ4v) is 4.20. The summed E-state index contributed by atoms with van der Waals surface area (Å²) in [5.41, 5.74) is 2.58. The molecule has 0 unspecified atom stereocenters. The Morgan fingerprint density at radius 1 is 0.912 bits per heavy atom. The fraction of sp³-hybridized carbons (Fsp3) is 0.286. The van der Waals surface area contributed by atoms with Gasteiger partial charge in [-0.2, -0.15) is 0 Å². The Balaban J connectivity index is 1.95. The topological polar surface area (TPSA) is 49.4 Å². The van der Waals surface area contributed by atoms with Crippen LogP contribution in [0.15, 0.2) is 78.9 Å². The van der Waals surface area contributed by atoms with Gasteiger partial charge in [-0.05, 0) is 41.3 Å². The Labute approximate surface area is 211 Å². The summed E-state index contributed by atoms with van der Waals surface area (Å²) in [7, 11) is 0. The van der Waals surface area contributed by atoms with Crippen LogP contribution in [0, 0.1) is 0 Å². The first-order chi connectivity index (χ1) is 16.5. The van der Waals surface area contributed by atoms with E-state index < -0.39 is 6.04 Å². The second-order valence-electron chi connectivity index (χ2n) is 8.27. The third-order valence-electron chi connectivity index (χ3n) is 5.64. The summed E-state index contributed by atoms with van der Waals surface area (Å²) < 4.78 is 0. The lowest BCUT2D eigenvalue weighted by atomic mass is 10.0. The quantitative estimate of drug-likeness (QED) is 0.326. The van der Waals surface area contributed by atoms with E-state index in [0.29, 0.717) is 23.0 Å². The van der Waals surface area contributed by atoms with Crippen molar-refractivity contribution in [3.8, 4) is 0 Å². The minimum Gasteiger partial charge on any atom is -0.354 e. The molecule has 0 heterocycles. The standard InChI is InChI=1S/C28H30Cl2N2O2/c1-2-3-16-31-28(34)26(18-21-10-5-4-6-11-21)32(20-23-13-7-8-15-25(23)30)27(33)19-22-12-9-14-24(29)17-22/h4-15,17,26H,2-3,16,18-20H2,1H3,(H,31,34)/t26-/m1/s1. The minimum atomic E-state index is -0.679. The van der Waals surface area contributed by atoms with Crippen molar-refractivity contribution in [1.82, 2.24) is 10.2 Å². The first kappa shape index (κ1) is 25.8. The van der Waals surface area contributed by atoms with Crippen LogP contribution in [-0.4, -0.2) is 29.3 Å². The van der Waals surface area contributed by atoms with E-state index in [2.05, 4.69) is 12.2 Å². The average Bonchev–Trinajstić information content (AvgIpc) is 2.83. The van der Waals surface area contributed by atoms with Crippen molar-refractivity contribution in [2.24, 2.45) is 0 Å². The first-order valence-electron chi connectivity index (χ1n) is 11.6. The van der Waals surface area contributed by atoms with Gasteiger partial charge in [-0.15, -0.1) is 0 Å². The van der Waals surface area contributed by atoms with E-state index in [1.54, 1.807) is 23.1 Å². The summed E-state index contributed by atoms with van der Waals surface area (Å²) in [5.74, 6) is -0.322. The van der Waals surface area contributed by atoms with Gasteiger partial charge < -0.3 is 10.2 Å². The zero-order valence-corrected chi connectivity index (χ0v) is 20.9. The third kappa shape index (κ3) is 7.61. The molecule has 4 nitrogen and oxygen atoms in total. The lowest BCUT2D eigenvalue weighted by molar-refractivity contribution is -0.140. The second-order valence-corrected chi connectivity index (χ2v) is 9.11. The highest BCUT2D eigenvalue weighted by Crippen LogP contribution is 2.22. The number of carbonyl (C=O) groups is 2. The smallest absolute Gasteiger partial charge is 0.243 e. The van der Waals surface area contributed by atoms with Gasteiger partial charge in [-0.3, -0.25) is 9.59 Å². The molecule has 0 spiro atoms. The first-order valence-corrected chi connectivity index (χ1v) is 12.3. The van der Waals surface area contributed by atoms with Crippen LogP contribution in [0.25, 0.3) is 0 Å². The van der Waals surface area contributed by atoms with Crippen LogP contribution in [0.5, 0.6) is 0 Å². The van der Waals surface area contributed by atoms with Crippen molar-refractivity contribution in [3.05, 3.63) is 106 Å². The van der Waals surface area contributed by atoms with Crippen LogP contribution in [-0.2, 0) is 29.0 Å². The van der Waals surface area contributed by atoms with Crippen LogP contribution in [0.1, 0.15) is 36.5 Å². The summed E-state index contributed by atoms with van der Waals surface area (Å²) in [4.78, 5) is 28.7. The zero-order chi connectivity index (χ0) is 24.3. The SMILES string of the molecule is CCCCNC(=O)[C@@H](Cc1ccccc1)N(Cc1ccccc1Cl)C(=O)Cc1cccc(Cl)c1. The molecule has 3 aromatic rings. The molecule has 0 fully saturated rings. The zero-order valence-electron chi connectivity index (χ0n) is 19.3. The maximum absolute atomic E-state index is 13.7. The number of halogens is 2. The molecular formula is C28H30Cl2N2O2. The lowest BCUT2D eigenvalue weighted by Crippen LogP contribution is -2.51. The van der Waals surface area contributed by atoms with E-state index in [-0.39, 0.29) is 24.8 Å². The molecule has 178 valence electrons. The monoisotopic (exact) mass is 496 g/mol. The van der Waals surface area contributed by atoms with Crippen LogP contribution in [0.4, 0.5) is 0 Å². The van der Waals surface area contributed by atoms with Gasteiger partial charge in [-0.25, -0.2) is 0 Å². The maximum atomic E-state index is 13.7. The molecule has 0 aliphatic carbocycles. The molecule has 34 heavy (non-hydrogen) atoms. The van der Waals surface area contributed by atoms with E-state index in [1.165, 1.54) is 0 Å². The number of unbranched alkanes of at least 4 members (excludes halogenated alkanes) is 1. The molecule has 3 rings (SSSR count). The van der Waals surface area contributed by atoms with Gasteiger partial charge in [0.05, 0.1) is 6.42 Å². The van der Waals surface area contributed by atoms with E-state index in [1.807, 2.05) is 60.7 Å². The van der Waals surface area contributed by atoms with Crippen LogP contribution < -0.4 is 5.32 Å². The molecule has 2 amide bonds. The molecule has 0 aromatic heterocycles. The number of benzene rings is 3. The lowest BCUT2D eigenvalue weighted by Gasteiger charge is -2.32. The molecule has 0 saturated heterocycles. The molecule has 0 bridgehead atoms. The fourth-order valence-electron chi connectivity index (χ4n) is 3.79. The van der Waals surface area contributed by atoms with E-state index >= 15 is 0 Å². The number of hydrogen-bond acceptors (Lipinski definition) is 2. The number of rotatable bonds is 11.